The van der Waals surface area contributed by atoms with E-state index in [9.17, 15) is 4.79 Å². The Hall–Kier alpha value is -2.67. The number of nitrogens with one attached hydrogen (secondary N) is 2. The fourth-order valence-electron chi connectivity index (χ4n) is 3.36. The van der Waals surface area contributed by atoms with E-state index >= 15 is 0 Å². The molecule has 0 saturated heterocycles. The van der Waals surface area contributed by atoms with Gasteiger partial charge in [0.1, 0.15) is 5.70 Å². The quantitative estimate of drug-likeness (QED) is 0.838. The summed E-state index contributed by atoms with van der Waals surface area (Å²) in [5, 5.41) is 5.21. The van der Waals surface area contributed by atoms with Crippen LogP contribution in [0.5, 0.6) is 0 Å². The van der Waals surface area contributed by atoms with E-state index in [1.807, 2.05) is 23.2 Å². The number of nitrogens with zero attached hydrogens (tertiary/aromatic N) is 4. The number of hydrogen-bond acceptors (Lipinski definition) is 7. The third kappa shape index (κ3) is 3.48. The molecule has 1 aromatic carbocycles. The van der Waals surface area contributed by atoms with Gasteiger partial charge in [-0.15, -0.1) is 0 Å². The highest BCUT2D eigenvalue weighted by Crippen LogP contribution is 2.24. The summed E-state index contributed by atoms with van der Waals surface area (Å²) in [6, 6.07) is 10.2. The van der Waals surface area contributed by atoms with Crippen LogP contribution in [-0.4, -0.2) is 52.8 Å². The molecule has 3 heterocycles. The molecule has 0 aromatic heterocycles. The van der Waals surface area contributed by atoms with Gasteiger partial charge in [-0.25, -0.2) is 10.0 Å². The van der Waals surface area contributed by atoms with Crippen molar-refractivity contribution in [2.45, 2.75) is 32.9 Å². The number of rotatable bonds is 2. The standard InChI is InChI=1S/C19H24N6O/c1-19(2,3)22-17-21-18-20-16-14(11-25(18)23-17)10-24(12-15(16)26)9-13-7-5-4-6-8-13/h4-8H,9-12H2,1-3H3,(H2,20,21,22,23). The molecular formula is C19H24N6O. The minimum absolute atomic E-state index is 0.0711. The SMILES string of the molecule is CC(C)(C)NC1=NC2=NC3=C(CN(Cc4ccccc4)CC3=O)CN2N1. The number of benzene rings is 1. The molecule has 0 fully saturated rings. The van der Waals surface area contributed by atoms with Crippen molar-refractivity contribution < 1.29 is 4.79 Å². The van der Waals surface area contributed by atoms with Gasteiger partial charge in [0.25, 0.3) is 0 Å². The minimum Gasteiger partial charge on any atom is -0.350 e. The van der Waals surface area contributed by atoms with Crippen LogP contribution in [0.1, 0.15) is 26.3 Å². The Labute approximate surface area is 153 Å². The van der Waals surface area contributed by atoms with Crippen molar-refractivity contribution in [2.24, 2.45) is 9.98 Å². The Morgan fingerprint density at radius 1 is 1.12 bits per heavy atom. The molecular weight excluding hydrogens is 328 g/mol. The molecule has 3 aliphatic rings. The Balaban J connectivity index is 1.50. The molecule has 0 atom stereocenters. The summed E-state index contributed by atoms with van der Waals surface area (Å²) in [6.07, 6.45) is 0. The van der Waals surface area contributed by atoms with Crippen LogP contribution in [0.25, 0.3) is 0 Å². The molecule has 0 saturated carbocycles. The van der Waals surface area contributed by atoms with Crippen LogP contribution in [0.3, 0.4) is 0 Å². The van der Waals surface area contributed by atoms with Crippen molar-refractivity contribution in [3.63, 3.8) is 0 Å². The predicted molar refractivity (Wildman–Crippen MR) is 101 cm³/mol. The number of carbonyl (C=O) groups is 1. The first-order chi connectivity index (χ1) is 12.4. The molecule has 136 valence electrons. The van der Waals surface area contributed by atoms with E-state index in [2.05, 4.69) is 58.5 Å². The van der Waals surface area contributed by atoms with Gasteiger partial charge in [0.05, 0.1) is 13.1 Å². The van der Waals surface area contributed by atoms with Gasteiger partial charge < -0.3 is 5.32 Å². The Bertz CT molecular complexity index is 818. The highest BCUT2D eigenvalue weighted by Gasteiger charge is 2.34. The molecule has 26 heavy (non-hydrogen) atoms. The summed E-state index contributed by atoms with van der Waals surface area (Å²) < 4.78 is 0. The first kappa shape index (κ1) is 16.8. The average molecular weight is 352 g/mol. The van der Waals surface area contributed by atoms with Gasteiger partial charge in [-0.05, 0) is 31.9 Å². The van der Waals surface area contributed by atoms with E-state index < -0.39 is 0 Å². The topological polar surface area (TPSA) is 72.3 Å². The number of hydrogen-bond donors (Lipinski definition) is 2. The number of ketones is 1. The average Bonchev–Trinajstić information content (AvgIpc) is 2.93. The molecule has 0 aliphatic carbocycles. The van der Waals surface area contributed by atoms with Gasteiger partial charge in [0.2, 0.25) is 11.9 Å². The number of Topliss-reactive ketones (excluding diaryl/α,β-unsaturated/α-hetero) is 1. The Morgan fingerprint density at radius 3 is 2.62 bits per heavy atom. The fourth-order valence-corrected chi connectivity index (χ4v) is 3.36. The Kier molecular flexibility index (Phi) is 4.03. The lowest BCUT2D eigenvalue weighted by molar-refractivity contribution is -0.117. The predicted octanol–water partition coefficient (Wildman–Crippen LogP) is 1.26. The lowest BCUT2D eigenvalue weighted by Gasteiger charge is -2.33. The van der Waals surface area contributed by atoms with Crippen molar-refractivity contribution >= 4 is 17.7 Å². The largest absolute Gasteiger partial charge is 0.350 e. The molecule has 1 aromatic rings. The lowest BCUT2D eigenvalue weighted by atomic mass is 10.0. The molecule has 3 aliphatic heterocycles. The molecule has 0 spiro atoms. The number of carbonyl (C=O) groups excluding carboxylic acids is 1. The van der Waals surface area contributed by atoms with Gasteiger partial charge in [-0.1, -0.05) is 30.3 Å². The van der Waals surface area contributed by atoms with E-state index in [1.54, 1.807) is 0 Å². The van der Waals surface area contributed by atoms with Crippen LogP contribution < -0.4 is 10.7 Å². The molecule has 4 rings (SSSR count). The van der Waals surface area contributed by atoms with E-state index in [1.165, 1.54) is 5.56 Å². The van der Waals surface area contributed by atoms with Crippen LogP contribution in [0, 0.1) is 0 Å². The van der Waals surface area contributed by atoms with E-state index in [0.29, 0.717) is 30.7 Å². The third-order valence-electron chi connectivity index (χ3n) is 4.38. The summed E-state index contributed by atoms with van der Waals surface area (Å²) in [7, 11) is 0. The summed E-state index contributed by atoms with van der Waals surface area (Å²) >= 11 is 0. The van der Waals surface area contributed by atoms with Crippen LogP contribution in [0.15, 0.2) is 51.6 Å². The van der Waals surface area contributed by atoms with Crippen LogP contribution in [0.4, 0.5) is 0 Å². The zero-order valence-electron chi connectivity index (χ0n) is 15.4. The van der Waals surface area contributed by atoms with Crippen LogP contribution in [0.2, 0.25) is 0 Å². The first-order valence-electron chi connectivity index (χ1n) is 8.89. The maximum absolute atomic E-state index is 12.6. The number of fused-ring (bicyclic) bond motifs is 1. The maximum atomic E-state index is 12.6. The van der Waals surface area contributed by atoms with Crippen molar-refractivity contribution in [1.82, 2.24) is 20.7 Å². The summed E-state index contributed by atoms with van der Waals surface area (Å²) in [5.74, 6) is 1.30. The van der Waals surface area contributed by atoms with Crippen molar-refractivity contribution in [2.75, 3.05) is 19.6 Å². The number of guanidine groups is 2. The van der Waals surface area contributed by atoms with Crippen molar-refractivity contribution in [3.05, 3.63) is 47.2 Å². The second-order valence-corrected chi connectivity index (χ2v) is 7.95. The minimum atomic E-state index is -0.101. The molecule has 0 radical (unpaired) electrons. The molecule has 7 heteroatoms. The normalized spacial score (nSPS) is 20.3. The van der Waals surface area contributed by atoms with E-state index in [-0.39, 0.29) is 11.3 Å². The summed E-state index contributed by atoms with van der Waals surface area (Å²) in [5.41, 5.74) is 5.98. The second kappa shape index (κ2) is 6.25. The molecule has 7 nitrogen and oxygen atoms in total. The molecule has 0 unspecified atom stereocenters. The molecule has 2 N–H and O–H groups in total. The van der Waals surface area contributed by atoms with Gasteiger partial charge >= 0.3 is 0 Å². The smallest absolute Gasteiger partial charge is 0.248 e. The second-order valence-electron chi connectivity index (χ2n) is 7.95. The highest BCUT2D eigenvalue weighted by molar-refractivity contribution is 6.06. The lowest BCUT2D eigenvalue weighted by Crippen LogP contribution is -2.52. The summed E-state index contributed by atoms with van der Waals surface area (Å²) in [4.78, 5) is 23.8. The van der Waals surface area contributed by atoms with Gasteiger partial charge in [0.15, 0.2) is 5.78 Å². The zero-order chi connectivity index (χ0) is 18.3. The van der Waals surface area contributed by atoms with Crippen LogP contribution in [-0.2, 0) is 11.3 Å². The van der Waals surface area contributed by atoms with Gasteiger partial charge in [-0.3, -0.25) is 15.1 Å². The summed E-state index contributed by atoms with van der Waals surface area (Å²) in [6.45, 7) is 8.74. The Morgan fingerprint density at radius 2 is 1.88 bits per heavy atom. The fraction of sp³-hybridized carbons (Fsp3) is 0.421. The number of hydrazine groups is 1. The van der Waals surface area contributed by atoms with Gasteiger partial charge in [0, 0.05) is 18.6 Å². The molecule has 0 bridgehead atoms. The monoisotopic (exact) mass is 352 g/mol. The van der Waals surface area contributed by atoms with E-state index in [0.717, 1.165) is 18.7 Å². The van der Waals surface area contributed by atoms with Crippen LogP contribution >= 0.6 is 0 Å². The van der Waals surface area contributed by atoms with Crippen molar-refractivity contribution in [1.29, 1.82) is 0 Å². The zero-order valence-corrected chi connectivity index (χ0v) is 15.4. The maximum Gasteiger partial charge on any atom is 0.248 e. The first-order valence-corrected chi connectivity index (χ1v) is 8.89. The van der Waals surface area contributed by atoms with Gasteiger partial charge in [-0.2, -0.15) is 4.99 Å². The third-order valence-corrected chi connectivity index (χ3v) is 4.38. The number of aliphatic imine (C=N–C) groups is 2. The van der Waals surface area contributed by atoms with Crippen molar-refractivity contribution in [3.8, 4) is 0 Å². The molecule has 0 amide bonds. The highest BCUT2D eigenvalue weighted by atomic mass is 16.1. The van der Waals surface area contributed by atoms with E-state index in [4.69, 9.17) is 0 Å².